The lowest BCUT2D eigenvalue weighted by Crippen LogP contribution is -2.39. The number of hydrogen-bond acceptors (Lipinski definition) is 3. The summed E-state index contributed by atoms with van der Waals surface area (Å²) in [6.45, 7) is 3.78. The highest BCUT2D eigenvalue weighted by atomic mass is 127. The minimum Gasteiger partial charge on any atom is -0.497 e. The van der Waals surface area contributed by atoms with Gasteiger partial charge < -0.3 is 15.4 Å². The van der Waals surface area contributed by atoms with Crippen LogP contribution in [0.15, 0.2) is 64.5 Å². The number of nitrogens with zero attached hydrogens (tertiary/aromatic N) is 1. The molecule has 1 atom stereocenters. The van der Waals surface area contributed by atoms with Crippen LogP contribution in [-0.4, -0.2) is 31.9 Å². The van der Waals surface area contributed by atoms with E-state index in [9.17, 15) is 0 Å². The van der Waals surface area contributed by atoms with Gasteiger partial charge in [0.15, 0.2) is 5.96 Å². The highest BCUT2D eigenvalue weighted by Crippen LogP contribution is 2.21. The van der Waals surface area contributed by atoms with Crippen molar-refractivity contribution in [3.63, 3.8) is 0 Å². The average Bonchev–Trinajstić information content (AvgIpc) is 2.63. The van der Waals surface area contributed by atoms with Gasteiger partial charge in [-0.25, -0.2) is 0 Å². The Labute approximate surface area is 171 Å². The molecule has 0 aliphatic heterocycles. The van der Waals surface area contributed by atoms with E-state index in [4.69, 9.17) is 4.74 Å². The molecule has 2 aromatic carbocycles. The summed E-state index contributed by atoms with van der Waals surface area (Å²) in [7, 11) is 3.46. The predicted octanol–water partition coefficient (Wildman–Crippen LogP) is 4.16. The number of halogens is 1. The minimum atomic E-state index is 0. The van der Waals surface area contributed by atoms with E-state index in [1.54, 1.807) is 14.2 Å². The molecular weight excluding hydrogens is 445 g/mol. The maximum atomic E-state index is 5.17. The second-order valence-electron chi connectivity index (χ2n) is 5.40. The molecule has 0 aromatic heterocycles. The van der Waals surface area contributed by atoms with E-state index in [1.165, 1.54) is 10.5 Å². The normalized spacial score (nSPS) is 12.0. The molecule has 0 heterocycles. The van der Waals surface area contributed by atoms with E-state index >= 15 is 0 Å². The fourth-order valence-corrected chi connectivity index (χ4v) is 3.11. The highest BCUT2D eigenvalue weighted by Gasteiger charge is 2.06. The van der Waals surface area contributed by atoms with E-state index in [0.29, 0.717) is 5.25 Å². The molecule has 6 heteroatoms. The average molecular weight is 471 g/mol. The topological polar surface area (TPSA) is 45.7 Å². The van der Waals surface area contributed by atoms with Crippen molar-refractivity contribution in [2.75, 3.05) is 20.7 Å². The Morgan fingerprint density at radius 3 is 2.36 bits per heavy atom. The monoisotopic (exact) mass is 471 g/mol. The van der Waals surface area contributed by atoms with Gasteiger partial charge in [-0.2, -0.15) is 0 Å². The van der Waals surface area contributed by atoms with Crippen LogP contribution in [0, 0.1) is 0 Å². The summed E-state index contributed by atoms with van der Waals surface area (Å²) < 4.78 is 5.17. The molecule has 4 nitrogen and oxygen atoms in total. The summed E-state index contributed by atoms with van der Waals surface area (Å²) in [6, 6.07) is 18.5. The highest BCUT2D eigenvalue weighted by molar-refractivity contribution is 14.0. The molecule has 0 spiro atoms. The predicted molar refractivity (Wildman–Crippen MR) is 118 cm³/mol. The number of hydrogen-bond donors (Lipinski definition) is 2. The van der Waals surface area contributed by atoms with Gasteiger partial charge >= 0.3 is 0 Å². The first-order chi connectivity index (χ1) is 11.7. The lowest BCUT2D eigenvalue weighted by atomic mass is 10.2. The molecule has 0 radical (unpaired) electrons. The summed E-state index contributed by atoms with van der Waals surface area (Å²) in [5.74, 6) is 1.68. The van der Waals surface area contributed by atoms with Crippen LogP contribution in [0.4, 0.5) is 0 Å². The largest absolute Gasteiger partial charge is 0.497 e. The van der Waals surface area contributed by atoms with Gasteiger partial charge in [0.1, 0.15) is 5.75 Å². The van der Waals surface area contributed by atoms with Gasteiger partial charge in [-0.3, -0.25) is 4.99 Å². The lowest BCUT2D eigenvalue weighted by molar-refractivity contribution is 0.414. The van der Waals surface area contributed by atoms with Crippen LogP contribution in [0.5, 0.6) is 5.75 Å². The van der Waals surface area contributed by atoms with Crippen molar-refractivity contribution in [3.8, 4) is 5.75 Å². The molecule has 0 aliphatic rings. The molecular formula is C19H26IN3OS. The maximum Gasteiger partial charge on any atom is 0.191 e. The van der Waals surface area contributed by atoms with Crippen molar-refractivity contribution >= 4 is 41.7 Å². The summed E-state index contributed by atoms with van der Waals surface area (Å²) in [4.78, 5) is 5.56. The van der Waals surface area contributed by atoms with Crippen molar-refractivity contribution in [3.05, 3.63) is 60.2 Å². The van der Waals surface area contributed by atoms with Crippen LogP contribution in [0.1, 0.15) is 12.5 Å². The third kappa shape index (κ3) is 8.00. The molecule has 136 valence electrons. The van der Waals surface area contributed by atoms with E-state index in [1.807, 2.05) is 42.1 Å². The number of aliphatic imine (C=N–C) groups is 1. The van der Waals surface area contributed by atoms with Gasteiger partial charge in [0, 0.05) is 30.3 Å². The lowest BCUT2D eigenvalue weighted by Gasteiger charge is -2.16. The standard InChI is InChI=1S/C19H25N3OS.HI/c1-15(24-18-7-5-4-6-8-18)13-21-19(20-2)22-14-16-9-11-17(23-3)12-10-16;/h4-12,15H,13-14H2,1-3H3,(H2,20,21,22);1H. The molecule has 2 rings (SSSR count). The fourth-order valence-electron chi connectivity index (χ4n) is 2.16. The molecule has 25 heavy (non-hydrogen) atoms. The zero-order chi connectivity index (χ0) is 17.2. The molecule has 2 aromatic rings. The van der Waals surface area contributed by atoms with Gasteiger partial charge in [-0.1, -0.05) is 37.3 Å². The number of thioether (sulfide) groups is 1. The van der Waals surface area contributed by atoms with Gasteiger partial charge in [-0.15, -0.1) is 35.7 Å². The molecule has 0 fully saturated rings. The minimum absolute atomic E-state index is 0. The van der Waals surface area contributed by atoms with Crippen molar-refractivity contribution in [1.29, 1.82) is 0 Å². The Balaban J connectivity index is 0.00000312. The number of guanidine groups is 1. The SMILES string of the molecule is CN=C(NCc1ccc(OC)cc1)NCC(C)Sc1ccccc1.I. The first kappa shape index (κ1) is 21.6. The van der Waals surface area contributed by atoms with Crippen molar-refractivity contribution in [2.24, 2.45) is 4.99 Å². The van der Waals surface area contributed by atoms with Crippen LogP contribution in [-0.2, 0) is 6.54 Å². The summed E-state index contributed by atoms with van der Waals surface area (Å²) in [5, 5.41) is 7.16. The molecule has 2 N–H and O–H groups in total. The zero-order valence-electron chi connectivity index (χ0n) is 14.9. The number of nitrogens with one attached hydrogen (secondary N) is 2. The Kier molecular flexibility index (Phi) is 10.4. The van der Waals surface area contributed by atoms with Gasteiger partial charge in [-0.05, 0) is 29.8 Å². The first-order valence-corrected chi connectivity index (χ1v) is 8.88. The van der Waals surface area contributed by atoms with Crippen LogP contribution >= 0.6 is 35.7 Å². The fraction of sp³-hybridized carbons (Fsp3) is 0.316. The molecule has 0 saturated heterocycles. The smallest absolute Gasteiger partial charge is 0.191 e. The van der Waals surface area contributed by atoms with Crippen molar-refractivity contribution in [1.82, 2.24) is 10.6 Å². The number of benzene rings is 2. The summed E-state index contributed by atoms with van der Waals surface area (Å²) in [6.07, 6.45) is 0. The third-order valence-corrected chi connectivity index (χ3v) is 4.59. The van der Waals surface area contributed by atoms with Crippen molar-refractivity contribution in [2.45, 2.75) is 23.6 Å². The van der Waals surface area contributed by atoms with Gasteiger partial charge in [0.05, 0.1) is 7.11 Å². The Morgan fingerprint density at radius 2 is 1.76 bits per heavy atom. The Hall–Kier alpha value is -1.41. The van der Waals surface area contributed by atoms with Crippen LogP contribution in [0.3, 0.4) is 0 Å². The molecule has 1 unspecified atom stereocenters. The van der Waals surface area contributed by atoms with E-state index in [0.717, 1.165) is 24.8 Å². The molecule has 0 aliphatic carbocycles. The van der Waals surface area contributed by atoms with E-state index in [2.05, 4.69) is 46.8 Å². The summed E-state index contributed by atoms with van der Waals surface area (Å²) in [5.41, 5.74) is 1.19. The van der Waals surface area contributed by atoms with E-state index < -0.39 is 0 Å². The van der Waals surface area contributed by atoms with E-state index in [-0.39, 0.29) is 24.0 Å². The van der Waals surface area contributed by atoms with Gasteiger partial charge in [0.2, 0.25) is 0 Å². The second-order valence-corrected chi connectivity index (χ2v) is 6.91. The van der Waals surface area contributed by atoms with Crippen LogP contribution < -0.4 is 15.4 Å². The maximum absolute atomic E-state index is 5.17. The molecule has 0 amide bonds. The quantitative estimate of drug-likeness (QED) is 0.276. The Bertz CT molecular complexity index is 635. The second kappa shape index (κ2) is 12.0. The molecule has 0 bridgehead atoms. The van der Waals surface area contributed by atoms with Crippen molar-refractivity contribution < 1.29 is 4.74 Å². The van der Waals surface area contributed by atoms with Crippen LogP contribution in [0.25, 0.3) is 0 Å². The molecule has 0 saturated carbocycles. The number of rotatable bonds is 7. The third-order valence-electron chi connectivity index (χ3n) is 3.48. The number of ether oxygens (including phenoxy) is 1. The van der Waals surface area contributed by atoms with Gasteiger partial charge in [0.25, 0.3) is 0 Å². The number of methoxy groups -OCH3 is 1. The Morgan fingerprint density at radius 1 is 1.08 bits per heavy atom. The first-order valence-electron chi connectivity index (χ1n) is 8.00. The van der Waals surface area contributed by atoms with Crippen LogP contribution in [0.2, 0.25) is 0 Å². The zero-order valence-corrected chi connectivity index (χ0v) is 18.0. The summed E-state index contributed by atoms with van der Waals surface area (Å²) >= 11 is 1.86.